The van der Waals surface area contributed by atoms with Crippen molar-refractivity contribution in [1.82, 2.24) is 9.97 Å². The Morgan fingerprint density at radius 2 is 2.12 bits per heavy atom. The summed E-state index contributed by atoms with van der Waals surface area (Å²) in [6.45, 7) is 7.25. The summed E-state index contributed by atoms with van der Waals surface area (Å²) >= 11 is 0. The van der Waals surface area contributed by atoms with Crippen LogP contribution in [-0.2, 0) is 4.74 Å². The van der Waals surface area contributed by atoms with Gasteiger partial charge in [-0.1, -0.05) is 0 Å². The summed E-state index contributed by atoms with van der Waals surface area (Å²) in [5.74, 6) is 1.99. The van der Waals surface area contributed by atoms with E-state index >= 15 is 0 Å². The molecule has 138 valence electrons. The summed E-state index contributed by atoms with van der Waals surface area (Å²) in [4.78, 5) is 11.1. The maximum Gasteiger partial charge on any atom is 0.227 e. The minimum Gasteiger partial charge on any atom is -0.507 e. The largest absolute Gasteiger partial charge is 0.507 e. The summed E-state index contributed by atoms with van der Waals surface area (Å²) in [7, 11) is 0. The Morgan fingerprint density at radius 1 is 1.31 bits per heavy atom. The first-order valence-electron chi connectivity index (χ1n) is 8.59. The molecule has 0 amide bonds. The van der Waals surface area contributed by atoms with Crippen LogP contribution in [0, 0.1) is 6.92 Å². The van der Waals surface area contributed by atoms with Gasteiger partial charge in [0.05, 0.1) is 26.0 Å². The Morgan fingerprint density at radius 3 is 2.85 bits per heavy atom. The molecule has 2 aromatic rings. The summed E-state index contributed by atoms with van der Waals surface area (Å²) in [6.07, 6.45) is 1.54. The monoisotopic (exact) mass is 357 g/mol. The van der Waals surface area contributed by atoms with Crippen molar-refractivity contribution in [1.29, 1.82) is 0 Å². The number of morpholine rings is 1. The molecule has 3 rings (SSSR count). The average molecular weight is 357 g/mol. The zero-order chi connectivity index (χ0) is 18.4. The number of hydrogen-bond acceptors (Lipinski definition) is 8. The molecule has 1 aromatic heterocycles. The van der Waals surface area contributed by atoms with Crippen LogP contribution in [0.2, 0.25) is 0 Å². The van der Waals surface area contributed by atoms with Gasteiger partial charge in [0.25, 0.3) is 0 Å². The van der Waals surface area contributed by atoms with Gasteiger partial charge in [-0.2, -0.15) is 10.1 Å². The van der Waals surface area contributed by atoms with Crippen LogP contribution >= 0.6 is 0 Å². The topological polar surface area (TPSA) is 92.1 Å². The van der Waals surface area contributed by atoms with Crippen molar-refractivity contribution < 1.29 is 14.6 Å². The maximum absolute atomic E-state index is 10.0. The predicted molar refractivity (Wildman–Crippen MR) is 100 cm³/mol. The highest BCUT2D eigenvalue weighted by molar-refractivity contribution is 5.84. The highest BCUT2D eigenvalue weighted by Crippen LogP contribution is 2.22. The molecule has 0 unspecified atom stereocenters. The number of ether oxygens (including phenoxy) is 2. The van der Waals surface area contributed by atoms with Crippen molar-refractivity contribution in [2.75, 3.05) is 43.2 Å². The number of phenolic OH excluding ortho intramolecular Hbond substituents is 1. The number of aromatic nitrogens is 2. The van der Waals surface area contributed by atoms with E-state index in [0.29, 0.717) is 42.9 Å². The fourth-order valence-corrected chi connectivity index (χ4v) is 2.57. The van der Waals surface area contributed by atoms with Crippen LogP contribution < -0.4 is 15.1 Å². The molecule has 2 N–H and O–H groups in total. The number of nitrogens with one attached hydrogen (secondary N) is 1. The van der Waals surface area contributed by atoms with E-state index in [1.54, 1.807) is 18.2 Å². The van der Waals surface area contributed by atoms with E-state index in [1.165, 1.54) is 6.21 Å². The van der Waals surface area contributed by atoms with Gasteiger partial charge in [0.15, 0.2) is 5.82 Å². The van der Waals surface area contributed by atoms with Gasteiger partial charge in [-0.15, -0.1) is 0 Å². The van der Waals surface area contributed by atoms with Gasteiger partial charge < -0.3 is 19.5 Å². The Balaban J connectivity index is 1.69. The third kappa shape index (κ3) is 4.60. The highest BCUT2D eigenvalue weighted by Gasteiger charge is 2.14. The summed E-state index contributed by atoms with van der Waals surface area (Å²) in [6, 6.07) is 6.92. The van der Waals surface area contributed by atoms with Crippen LogP contribution in [0.25, 0.3) is 0 Å². The average Bonchev–Trinajstić information content (AvgIpc) is 2.64. The lowest BCUT2D eigenvalue weighted by atomic mass is 10.2. The lowest BCUT2D eigenvalue weighted by Gasteiger charge is -2.27. The number of anilines is 2. The lowest BCUT2D eigenvalue weighted by molar-refractivity contribution is 0.122. The molecule has 1 aliphatic rings. The van der Waals surface area contributed by atoms with Crippen LogP contribution in [0.5, 0.6) is 11.5 Å². The van der Waals surface area contributed by atoms with Crippen molar-refractivity contribution in [3.8, 4) is 11.5 Å². The number of hydrogen-bond donors (Lipinski definition) is 2. The molecule has 1 aliphatic heterocycles. The van der Waals surface area contributed by atoms with E-state index in [9.17, 15) is 5.11 Å². The molecule has 0 radical (unpaired) electrons. The minimum absolute atomic E-state index is 0.106. The van der Waals surface area contributed by atoms with Crippen molar-refractivity contribution in [2.24, 2.45) is 5.10 Å². The van der Waals surface area contributed by atoms with Gasteiger partial charge in [0.2, 0.25) is 5.95 Å². The van der Waals surface area contributed by atoms with E-state index < -0.39 is 0 Å². The Kier molecular flexibility index (Phi) is 5.85. The van der Waals surface area contributed by atoms with Gasteiger partial charge >= 0.3 is 0 Å². The second kappa shape index (κ2) is 8.48. The normalized spacial score (nSPS) is 14.6. The number of aryl methyl sites for hydroxylation is 1. The van der Waals surface area contributed by atoms with Crippen molar-refractivity contribution in [2.45, 2.75) is 13.8 Å². The quantitative estimate of drug-likeness (QED) is 0.605. The molecule has 2 heterocycles. The second-order valence-corrected chi connectivity index (χ2v) is 5.82. The molecule has 0 aliphatic carbocycles. The van der Waals surface area contributed by atoms with Gasteiger partial charge in [-0.25, -0.2) is 4.98 Å². The third-order valence-electron chi connectivity index (χ3n) is 3.83. The lowest BCUT2D eigenvalue weighted by Crippen LogP contribution is -2.37. The van der Waals surface area contributed by atoms with Crippen LogP contribution in [0.3, 0.4) is 0 Å². The third-order valence-corrected chi connectivity index (χ3v) is 3.83. The molecule has 8 nitrogen and oxygen atoms in total. The van der Waals surface area contributed by atoms with E-state index in [2.05, 4.69) is 25.4 Å². The van der Waals surface area contributed by atoms with Crippen molar-refractivity contribution in [3.05, 3.63) is 35.5 Å². The standard InChI is InChI=1S/C18H23N5O3/c1-3-26-15-5-4-14(16(24)11-15)12-19-22-17-10-13(2)20-18(21-17)23-6-8-25-9-7-23/h4-5,10-12,24H,3,6-9H2,1-2H3,(H,20,21,22)/b19-12-. The molecule has 0 spiro atoms. The maximum atomic E-state index is 10.0. The second-order valence-electron chi connectivity index (χ2n) is 5.82. The molecule has 0 atom stereocenters. The number of nitrogens with zero attached hydrogens (tertiary/aromatic N) is 4. The Hall–Kier alpha value is -2.87. The zero-order valence-corrected chi connectivity index (χ0v) is 15.0. The molecule has 8 heteroatoms. The fraction of sp³-hybridized carbons (Fsp3) is 0.389. The van der Waals surface area contributed by atoms with Gasteiger partial charge in [0, 0.05) is 36.5 Å². The van der Waals surface area contributed by atoms with Gasteiger partial charge in [-0.3, -0.25) is 5.43 Å². The molecule has 0 bridgehead atoms. The van der Waals surface area contributed by atoms with Gasteiger partial charge in [0.1, 0.15) is 11.5 Å². The molecule has 0 saturated carbocycles. The minimum atomic E-state index is 0.106. The number of hydrazone groups is 1. The van der Waals surface area contributed by atoms with E-state index in [0.717, 1.165) is 18.8 Å². The summed E-state index contributed by atoms with van der Waals surface area (Å²) < 4.78 is 10.7. The smallest absolute Gasteiger partial charge is 0.227 e. The van der Waals surface area contributed by atoms with Crippen LogP contribution in [-0.4, -0.2) is 54.2 Å². The SMILES string of the molecule is CCOc1ccc(/C=N\Nc2cc(C)nc(N3CCOCC3)n2)c(O)c1. The van der Waals surface area contributed by atoms with Gasteiger partial charge in [-0.05, 0) is 26.0 Å². The van der Waals surface area contributed by atoms with E-state index in [-0.39, 0.29) is 5.75 Å². The van der Waals surface area contributed by atoms with E-state index in [1.807, 2.05) is 19.9 Å². The van der Waals surface area contributed by atoms with Crippen molar-refractivity contribution >= 4 is 18.0 Å². The number of aromatic hydroxyl groups is 1. The molecule has 1 fully saturated rings. The van der Waals surface area contributed by atoms with Crippen LogP contribution in [0.1, 0.15) is 18.2 Å². The molecule has 1 aromatic carbocycles. The van der Waals surface area contributed by atoms with Crippen LogP contribution in [0.15, 0.2) is 29.4 Å². The number of phenols is 1. The zero-order valence-electron chi connectivity index (χ0n) is 15.0. The van der Waals surface area contributed by atoms with E-state index in [4.69, 9.17) is 9.47 Å². The first-order valence-corrected chi connectivity index (χ1v) is 8.59. The van der Waals surface area contributed by atoms with Crippen molar-refractivity contribution in [3.63, 3.8) is 0 Å². The predicted octanol–water partition coefficient (Wildman–Crippen LogP) is 2.17. The fourth-order valence-electron chi connectivity index (χ4n) is 2.57. The molecular formula is C18H23N5O3. The summed E-state index contributed by atoms with van der Waals surface area (Å²) in [5.41, 5.74) is 4.33. The Bertz CT molecular complexity index is 775. The number of rotatable bonds is 6. The summed E-state index contributed by atoms with van der Waals surface area (Å²) in [5, 5.41) is 14.2. The molecular weight excluding hydrogens is 334 g/mol. The Labute approximate surface area is 152 Å². The highest BCUT2D eigenvalue weighted by atomic mass is 16.5. The number of benzene rings is 1. The molecule has 1 saturated heterocycles. The first-order chi connectivity index (χ1) is 12.7. The molecule has 26 heavy (non-hydrogen) atoms. The van der Waals surface area contributed by atoms with Crippen LogP contribution in [0.4, 0.5) is 11.8 Å². The first kappa shape index (κ1) is 17.9.